The third-order valence-electron chi connectivity index (χ3n) is 4.08. The molecule has 2 aromatic carbocycles. The maximum Gasteiger partial charge on any atom is 0.242 e. The summed E-state index contributed by atoms with van der Waals surface area (Å²) in [6, 6.07) is 13.4. The molecule has 1 N–H and O–H groups in total. The van der Waals surface area contributed by atoms with Gasteiger partial charge in [0.25, 0.3) is 0 Å². The number of sulfonamides is 1. The first-order valence-electron chi connectivity index (χ1n) is 8.22. The van der Waals surface area contributed by atoms with E-state index in [9.17, 15) is 13.2 Å². The van der Waals surface area contributed by atoms with Crippen LogP contribution in [-0.4, -0.2) is 32.7 Å². The number of halogens is 1. The molecule has 0 radical (unpaired) electrons. The summed E-state index contributed by atoms with van der Waals surface area (Å²) in [4.78, 5) is 12.9. The largest absolute Gasteiger partial charge is 0.326 e. The number of amides is 1. The van der Waals surface area contributed by atoms with Crippen molar-refractivity contribution in [1.29, 1.82) is 0 Å². The van der Waals surface area contributed by atoms with E-state index in [1.54, 1.807) is 24.3 Å². The van der Waals surface area contributed by atoms with Crippen molar-refractivity contribution in [1.82, 2.24) is 4.31 Å². The molecule has 1 atom stereocenters. The van der Waals surface area contributed by atoms with Crippen LogP contribution in [0.15, 0.2) is 53.4 Å². The van der Waals surface area contributed by atoms with Gasteiger partial charge in [0.2, 0.25) is 15.9 Å². The minimum Gasteiger partial charge on any atom is -0.326 e. The van der Waals surface area contributed by atoms with Crippen LogP contribution in [0.3, 0.4) is 0 Å². The van der Waals surface area contributed by atoms with Crippen molar-refractivity contribution in [3.63, 3.8) is 0 Å². The van der Waals surface area contributed by atoms with Crippen LogP contribution in [0.25, 0.3) is 0 Å². The Morgan fingerprint density at radius 3 is 2.00 bits per heavy atom. The zero-order chi connectivity index (χ0) is 19.5. The summed E-state index contributed by atoms with van der Waals surface area (Å²) in [6.07, 6.45) is 0. The van der Waals surface area contributed by atoms with E-state index in [0.717, 1.165) is 9.87 Å². The predicted octanol–water partition coefficient (Wildman–Crippen LogP) is 3.97. The number of carbonyl (C=O) groups excluding carboxylic acids is 1. The number of benzene rings is 2. The maximum atomic E-state index is 12.8. The van der Waals surface area contributed by atoms with Crippen molar-refractivity contribution in [3.05, 3.63) is 59.1 Å². The van der Waals surface area contributed by atoms with Crippen LogP contribution in [0, 0.1) is 5.92 Å². The molecule has 0 saturated carbocycles. The molecule has 0 spiro atoms. The van der Waals surface area contributed by atoms with Crippen molar-refractivity contribution >= 4 is 33.2 Å². The van der Waals surface area contributed by atoms with Crippen LogP contribution in [-0.2, 0) is 14.8 Å². The first kappa shape index (κ1) is 20.4. The second-order valence-corrected chi connectivity index (χ2v) is 9.16. The lowest BCUT2D eigenvalue weighted by Gasteiger charge is -2.21. The van der Waals surface area contributed by atoms with Gasteiger partial charge in [-0.2, -0.15) is 0 Å². The molecular formula is C19H23ClN2O3S. The molecule has 5 nitrogen and oxygen atoms in total. The molecule has 0 fully saturated rings. The summed E-state index contributed by atoms with van der Waals surface area (Å²) in [5, 5.41) is 3.48. The Hall–Kier alpha value is -1.89. The molecule has 7 heteroatoms. The molecule has 0 aliphatic carbocycles. The van der Waals surface area contributed by atoms with E-state index in [0.29, 0.717) is 10.7 Å². The van der Waals surface area contributed by atoms with Crippen LogP contribution in [0.4, 0.5) is 5.69 Å². The summed E-state index contributed by atoms with van der Waals surface area (Å²) in [5.41, 5.74) is 1.43. The molecule has 140 valence electrons. The van der Waals surface area contributed by atoms with Crippen LogP contribution in [0.1, 0.15) is 25.3 Å². The van der Waals surface area contributed by atoms with Crippen LogP contribution >= 0.6 is 11.6 Å². The van der Waals surface area contributed by atoms with Gasteiger partial charge in [-0.1, -0.05) is 37.6 Å². The van der Waals surface area contributed by atoms with Crippen LogP contribution < -0.4 is 5.32 Å². The number of nitrogens with one attached hydrogen (secondary N) is 1. The molecule has 0 aliphatic rings. The zero-order valence-electron chi connectivity index (χ0n) is 15.2. The van der Waals surface area contributed by atoms with Gasteiger partial charge in [-0.3, -0.25) is 4.79 Å². The van der Waals surface area contributed by atoms with E-state index in [2.05, 4.69) is 5.32 Å². The molecule has 1 amide bonds. The van der Waals surface area contributed by atoms with Crippen LogP contribution in [0.5, 0.6) is 0 Å². The third kappa shape index (κ3) is 4.63. The fourth-order valence-corrected chi connectivity index (χ4v) is 3.68. The van der Waals surface area contributed by atoms with Crippen molar-refractivity contribution < 1.29 is 13.2 Å². The van der Waals surface area contributed by atoms with Gasteiger partial charge in [0, 0.05) is 24.8 Å². The second kappa shape index (κ2) is 8.20. The van der Waals surface area contributed by atoms with E-state index in [-0.39, 0.29) is 22.6 Å². The highest BCUT2D eigenvalue weighted by molar-refractivity contribution is 7.89. The van der Waals surface area contributed by atoms with Gasteiger partial charge >= 0.3 is 0 Å². The Balaban J connectivity index is 2.20. The Labute approximate surface area is 160 Å². The molecule has 2 aromatic rings. The standard InChI is InChI=1S/C19H23ClN2O3S/c1-13(2)18(14-5-7-15(20)8-6-14)19(23)21-16-9-11-17(12-10-16)26(24,25)22(3)4/h5-13,18H,1-4H3,(H,21,23)/t18-/m1/s1. The highest BCUT2D eigenvalue weighted by atomic mass is 35.5. The topological polar surface area (TPSA) is 66.5 Å². The van der Waals surface area contributed by atoms with E-state index in [4.69, 9.17) is 11.6 Å². The quantitative estimate of drug-likeness (QED) is 0.806. The Morgan fingerprint density at radius 1 is 1.00 bits per heavy atom. The van der Waals surface area contributed by atoms with Gasteiger partial charge in [-0.25, -0.2) is 12.7 Å². The van der Waals surface area contributed by atoms with Gasteiger partial charge in [0.05, 0.1) is 10.8 Å². The average molecular weight is 395 g/mol. The highest BCUT2D eigenvalue weighted by Gasteiger charge is 2.24. The van der Waals surface area contributed by atoms with Gasteiger partial charge < -0.3 is 5.32 Å². The summed E-state index contributed by atoms with van der Waals surface area (Å²) in [5.74, 6) is -0.396. The average Bonchev–Trinajstić information content (AvgIpc) is 2.57. The highest BCUT2D eigenvalue weighted by Crippen LogP contribution is 2.27. The summed E-state index contributed by atoms with van der Waals surface area (Å²) >= 11 is 5.93. The number of anilines is 1. The van der Waals surface area contributed by atoms with Gasteiger partial charge in [-0.05, 0) is 47.9 Å². The predicted molar refractivity (Wildman–Crippen MR) is 105 cm³/mol. The second-order valence-electron chi connectivity index (χ2n) is 6.57. The summed E-state index contributed by atoms with van der Waals surface area (Å²) in [6.45, 7) is 3.96. The lowest BCUT2D eigenvalue weighted by Crippen LogP contribution is -2.25. The third-order valence-corrected chi connectivity index (χ3v) is 6.16. The molecular weight excluding hydrogens is 372 g/mol. The summed E-state index contributed by atoms with van der Waals surface area (Å²) < 4.78 is 25.4. The monoisotopic (exact) mass is 394 g/mol. The van der Waals surface area contributed by atoms with Crippen molar-refractivity contribution in [3.8, 4) is 0 Å². The molecule has 0 bridgehead atoms. The van der Waals surface area contributed by atoms with Gasteiger partial charge in [-0.15, -0.1) is 0 Å². The minimum atomic E-state index is -3.49. The van der Waals surface area contributed by atoms with Gasteiger partial charge in [0.1, 0.15) is 0 Å². The molecule has 0 heterocycles. The Kier molecular flexibility index (Phi) is 6.44. The maximum absolute atomic E-state index is 12.8. The number of hydrogen-bond donors (Lipinski definition) is 1. The smallest absolute Gasteiger partial charge is 0.242 e. The first-order chi connectivity index (χ1) is 12.1. The van der Waals surface area contributed by atoms with Gasteiger partial charge in [0.15, 0.2) is 0 Å². The Bertz CT molecular complexity index is 861. The first-order valence-corrected chi connectivity index (χ1v) is 10.0. The molecule has 26 heavy (non-hydrogen) atoms. The number of nitrogens with zero attached hydrogens (tertiary/aromatic N) is 1. The van der Waals surface area contributed by atoms with Crippen molar-refractivity contribution in [2.75, 3.05) is 19.4 Å². The number of carbonyl (C=O) groups is 1. The molecule has 0 unspecified atom stereocenters. The normalized spacial score (nSPS) is 13.0. The fourth-order valence-electron chi connectivity index (χ4n) is 2.65. The molecule has 0 aliphatic heterocycles. The van der Waals surface area contributed by atoms with E-state index in [1.165, 1.54) is 26.2 Å². The minimum absolute atomic E-state index is 0.0876. The van der Waals surface area contributed by atoms with Crippen molar-refractivity contribution in [2.24, 2.45) is 5.92 Å². The van der Waals surface area contributed by atoms with E-state index >= 15 is 0 Å². The summed E-state index contributed by atoms with van der Waals surface area (Å²) in [7, 11) is -0.538. The SMILES string of the molecule is CC(C)[C@@H](C(=O)Nc1ccc(S(=O)(=O)N(C)C)cc1)c1ccc(Cl)cc1. The Morgan fingerprint density at radius 2 is 1.54 bits per heavy atom. The van der Waals surface area contributed by atoms with Crippen LogP contribution in [0.2, 0.25) is 5.02 Å². The molecule has 0 aromatic heterocycles. The van der Waals surface area contributed by atoms with E-state index < -0.39 is 10.0 Å². The zero-order valence-corrected chi connectivity index (χ0v) is 16.8. The number of rotatable bonds is 6. The van der Waals surface area contributed by atoms with E-state index in [1.807, 2.05) is 26.0 Å². The van der Waals surface area contributed by atoms with Crippen molar-refractivity contribution in [2.45, 2.75) is 24.7 Å². The number of hydrogen-bond acceptors (Lipinski definition) is 3. The lowest BCUT2D eigenvalue weighted by molar-refractivity contribution is -0.118. The lowest BCUT2D eigenvalue weighted by atomic mass is 9.87. The molecule has 2 rings (SSSR count). The fraction of sp³-hybridized carbons (Fsp3) is 0.316. The molecule has 0 saturated heterocycles.